The van der Waals surface area contributed by atoms with E-state index < -0.39 is 0 Å². The van der Waals surface area contributed by atoms with Gasteiger partial charge in [0.25, 0.3) is 0 Å². The SMILES string of the molecule is Clc1ncc(CNc2ccccc2-n2cc(Br)cn2)s1. The molecule has 0 atom stereocenters. The standard InChI is InChI=1S/C13H10BrClN4S/c14-9-5-18-19(8-9)12-4-2-1-3-11(12)16-6-10-7-17-13(15)20-10/h1-5,7-8,16H,6H2. The van der Waals surface area contributed by atoms with Crippen molar-refractivity contribution in [2.75, 3.05) is 5.32 Å². The highest BCUT2D eigenvalue weighted by Crippen LogP contribution is 2.23. The molecule has 1 N–H and O–H groups in total. The zero-order valence-corrected chi connectivity index (χ0v) is 13.4. The maximum Gasteiger partial charge on any atom is 0.183 e. The first kappa shape index (κ1) is 13.6. The number of aromatic nitrogens is 3. The third-order valence-corrected chi connectivity index (χ3v) is 4.20. The molecule has 0 saturated carbocycles. The fourth-order valence-corrected chi connectivity index (χ4v) is 3.01. The van der Waals surface area contributed by atoms with Crippen LogP contribution < -0.4 is 5.32 Å². The normalized spacial score (nSPS) is 10.7. The van der Waals surface area contributed by atoms with Crippen molar-refractivity contribution in [2.45, 2.75) is 6.54 Å². The topological polar surface area (TPSA) is 42.7 Å². The molecule has 3 rings (SSSR count). The largest absolute Gasteiger partial charge is 0.378 e. The number of nitrogens with zero attached hydrogens (tertiary/aromatic N) is 3. The van der Waals surface area contributed by atoms with E-state index in [9.17, 15) is 0 Å². The number of hydrogen-bond donors (Lipinski definition) is 1. The van der Waals surface area contributed by atoms with Crippen LogP contribution in [-0.2, 0) is 6.54 Å². The van der Waals surface area contributed by atoms with Crippen molar-refractivity contribution in [2.24, 2.45) is 0 Å². The summed E-state index contributed by atoms with van der Waals surface area (Å²) in [7, 11) is 0. The third kappa shape index (κ3) is 3.03. The highest BCUT2D eigenvalue weighted by molar-refractivity contribution is 9.10. The van der Waals surface area contributed by atoms with Crippen molar-refractivity contribution in [3.8, 4) is 5.69 Å². The van der Waals surface area contributed by atoms with Crippen LogP contribution in [0.3, 0.4) is 0 Å². The van der Waals surface area contributed by atoms with Gasteiger partial charge in [0.05, 0.1) is 28.6 Å². The van der Waals surface area contributed by atoms with Gasteiger partial charge in [-0.3, -0.25) is 0 Å². The maximum atomic E-state index is 5.83. The number of nitrogens with one attached hydrogen (secondary N) is 1. The molecule has 0 fully saturated rings. The average molecular weight is 370 g/mol. The molecule has 20 heavy (non-hydrogen) atoms. The van der Waals surface area contributed by atoms with Gasteiger partial charge in [-0.25, -0.2) is 9.67 Å². The quantitative estimate of drug-likeness (QED) is 0.743. The molecule has 0 radical (unpaired) electrons. The second-order valence-electron chi connectivity index (χ2n) is 4.05. The van der Waals surface area contributed by atoms with Gasteiger partial charge in [-0.05, 0) is 28.1 Å². The van der Waals surface area contributed by atoms with E-state index in [-0.39, 0.29) is 0 Å². The number of hydrogen-bond acceptors (Lipinski definition) is 4. The van der Waals surface area contributed by atoms with Crippen LogP contribution in [0.1, 0.15) is 4.88 Å². The van der Waals surface area contributed by atoms with E-state index in [1.54, 1.807) is 12.4 Å². The Hall–Kier alpha value is -1.37. The summed E-state index contributed by atoms with van der Waals surface area (Å²) in [5.41, 5.74) is 2.00. The summed E-state index contributed by atoms with van der Waals surface area (Å²) in [6, 6.07) is 8.01. The van der Waals surface area contributed by atoms with Gasteiger partial charge in [0, 0.05) is 17.3 Å². The molecule has 0 bridgehead atoms. The molecule has 0 aliphatic carbocycles. The van der Waals surface area contributed by atoms with Crippen LogP contribution >= 0.6 is 38.9 Å². The average Bonchev–Trinajstić information content (AvgIpc) is 3.06. The second kappa shape index (κ2) is 5.95. The summed E-state index contributed by atoms with van der Waals surface area (Å²) in [4.78, 5) is 5.12. The van der Waals surface area contributed by atoms with Crippen LogP contribution in [0.2, 0.25) is 4.47 Å². The molecule has 3 aromatic rings. The highest BCUT2D eigenvalue weighted by Gasteiger charge is 2.06. The van der Waals surface area contributed by atoms with Crippen molar-refractivity contribution in [1.29, 1.82) is 0 Å². The fraction of sp³-hybridized carbons (Fsp3) is 0.0769. The monoisotopic (exact) mass is 368 g/mol. The first-order valence-corrected chi connectivity index (χ1v) is 7.85. The predicted octanol–water partition coefficient (Wildman–Crippen LogP) is 4.36. The number of rotatable bonds is 4. The molecule has 1 aromatic carbocycles. The van der Waals surface area contributed by atoms with E-state index in [1.807, 2.05) is 35.1 Å². The minimum atomic E-state index is 0.561. The molecule has 0 amide bonds. The van der Waals surface area contributed by atoms with Gasteiger partial charge in [0.2, 0.25) is 0 Å². The Morgan fingerprint density at radius 3 is 2.85 bits per heavy atom. The molecule has 0 aliphatic heterocycles. The van der Waals surface area contributed by atoms with E-state index >= 15 is 0 Å². The van der Waals surface area contributed by atoms with Gasteiger partial charge >= 0.3 is 0 Å². The lowest BCUT2D eigenvalue weighted by molar-refractivity contribution is 0.879. The number of anilines is 1. The Morgan fingerprint density at radius 1 is 1.30 bits per heavy atom. The number of para-hydroxylation sites is 2. The molecule has 0 saturated heterocycles. The molecule has 102 valence electrons. The highest BCUT2D eigenvalue weighted by atomic mass is 79.9. The molecule has 0 aliphatic rings. The molecule has 2 aromatic heterocycles. The third-order valence-electron chi connectivity index (χ3n) is 2.68. The van der Waals surface area contributed by atoms with Crippen LogP contribution in [0, 0.1) is 0 Å². The zero-order valence-electron chi connectivity index (χ0n) is 10.3. The molecule has 4 nitrogen and oxygen atoms in total. The van der Waals surface area contributed by atoms with Crippen molar-refractivity contribution >= 4 is 44.6 Å². The van der Waals surface area contributed by atoms with Crippen LogP contribution in [0.4, 0.5) is 5.69 Å². The van der Waals surface area contributed by atoms with Gasteiger partial charge in [-0.15, -0.1) is 11.3 Å². The fourth-order valence-electron chi connectivity index (χ4n) is 1.80. The minimum Gasteiger partial charge on any atom is -0.378 e. The van der Waals surface area contributed by atoms with Crippen LogP contribution in [0.25, 0.3) is 5.69 Å². The van der Waals surface area contributed by atoms with Crippen molar-refractivity contribution in [3.05, 3.63) is 56.7 Å². The second-order valence-corrected chi connectivity index (χ2v) is 6.67. The van der Waals surface area contributed by atoms with Crippen LogP contribution in [-0.4, -0.2) is 14.8 Å². The Kier molecular flexibility index (Phi) is 4.05. The summed E-state index contributed by atoms with van der Waals surface area (Å²) in [5.74, 6) is 0. The van der Waals surface area contributed by atoms with E-state index in [0.717, 1.165) is 20.7 Å². The van der Waals surface area contributed by atoms with Crippen molar-refractivity contribution in [3.63, 3.8) is 0 Å². The summed E-state index contributed by atoms with van der Waals surface area (Å²) in [6.07, 6.45) is 5.47. The Bertz CT molecular complexity index is 724. The van der Waals surface area contributed by atoms with Gasteiger partial charge in [0.15, 0.2) is 4.47 Å². The molecular weight excluding hydrogens is 360 g/mol. The smallest absolute Gasteiger partial charge is 0.183 e. The lowest BCUT2D eigenvalue weighted by Gasteiger charge is -2.10. The molecular formula is C13H10BrClN4S. The Balaban J connectivity index is 1.83. The molecule has 7 heteroatoms. The van der Waals surface area contributed by atoms with Crippen LogP contribution in [0.5, 0.6) is 0 Å². The summed E-state index contributed by atoms with van der Waals surface area (Å²) in [6.45, 7) is 0.684. The maximum absolute atomic E-state index is 5.83. The van der Waals surface area contributed by atoms with Crippen molar-refractivity contribution in [1.82, 2.24) is 14.8 Å². The lowest BCUT2D eigenvalue weighted by atomic mass is 10.2. The first-order valence-electron chi connectivity index (χ1n) is 5.86. The predicted molar refractivity (Wildman–Crippen MR) is 85.7 cm³/mol. The number of benzene rings is 1. The summed E-state index contributed by atoms with van der Waals surface area (Å²) >= 11 is 10.7. The molecule has 2 heterocycles. The van der Waals surface area contributed by atoms with Gasteiger partial charge < -0.3 is 5.32 Å². The Morgan fingerprint density at radius 2 is 2.15 bits per heavy atom. The lowest BCUT2D eigenvalue weighted by Crippen LogP contribution is -2.03. The number of thiazole rings is 1. The van der Waals surface area contributed by atoms with Gasteiger partial charge in [-0.1, -0.05) is 23.7 Å². The van der Waals surface area contributed by atoms with Crippen LogP contribution in [0.15, 0.2) is 47.3 Å². The van der Waals surface area contributed by atoms with E-state index in [4.69, 9.17) is 11.6 Å². The first-order chi connectivity index (χ1) is 9.72. The summed E-state index contributed by atoms with van der Waals surface area (Å²) < 4.78 is 3.33. The van der Waals surface area contributed by atoms with Crippen molar-refractivity contribution < 1.29 is 0 Å². The summed E-state index contributed by atoms with van der Waals surface area (Å²) in [5, 5.41) is 7.69. The van der Waals surface area contributed by atoms with E-state index in [2.05, 4.69) is 31.3 Å². The van der Waals surface area contributed by atoms with Gasteiger partial charge in [-0.2, -0.15) is 5.10 Å². The Labute approximate surface area is 133 Å². The minimum absolute atomic E-state index is 0.561. The molecule has 0 unspecified atom stereocenters. The van der Waals surface area contributed by atoms with Gasteiger partial charge in [0.1, 0.15) is 0 Å². The molecule has 0 spiro atoms. The van der Waals surface area contributed by atoms with E-state index in [1.165, 1.54) is 11.3 Å². The zero-order chi connectivity index (χ0) is 13.9. The van der Waals surface area contributed by atoms with E-state index in [0.29, 0.717) is 11.0 Å². The number of halogens is 2.